The standard InChI is InChI=1S/C30H36N2O2/c1-4-5-18-31-30(34)28(20-25-14-7-6-8-15-25)32(22-27-17-10-9-13-24(27)3)29(33)21-26-16-11-12-23(2)19-26/h6-17,19,28H,4-5,18,20-22H2,1-3H3,(H,31,34)/t28-/m1/s1. The first kappa shape index (κ1) is 25.2. The minimum Gasteiger partial charge on any atom is -0.354 e. The lowest BCUT2D eigenvalue weighted by Gasteiger charge is -2.32. The van der Waals surface area contributed by atoms with Crippen LogP contribution in [-0.2, 0) is 29.0 Å². The number of aryl methyl sites for hydroxylation is 2. The van der Waals surface area contributed by atoms with Gasteiger partial charge in [0.05, 0.1) is 6.42 Å². The third kappa shape index (κ3) is 7.31. The van der Waals surface area contributed by atoms with Crippen molar-refractivity contribution in [3.05, 3.63) is 107 Å². The molecule has 0 radical (unpaired) electrons. The number of amides is 2. The van der Waals surface area contributed by atoms with Gasteiger partial charge in [-0.15, -0.1) is 0 Å². The minimum atomic E-state index is -0.587. The SMILES string of the molecule is CCCCNC(=O)[C@@H](Cc1ccccc1)N(Cc1ccccc1C)C(=O)Cc1cccc(C)c1. The predicted octanol–water partition coefficient (Wildman–Crippen LogP) is 5.40. The average molecular weight is 457 g/mol. The number of rotatable bonds is 11. The van der Waals surface area contributed by atoms with Crippen LogP contribution in [0.2, 0.25) is 0 Å². The van der Waals surface area contributed by atoms with Crippen LogP contribution in [0.25, 0.3) is 0 Å². The van der Waals surface area contributed by atoms with Gasteiger partial charge >= 0.3 is 0 Å². The quantitative estimate of drug-likeness (QED) is 0.393. The largest absolute Gasteiger partial charge is 0.354 e. The normalized spacial score (nSPS) is 11.6. The van der Waals surface area contributed by atoms with Gasteiger partial charge < -0.3 is 10.2 Å². The van der Waals surface area contributed by atoms with Crippen molar-refractivity contribution in [3.8, 4) is 0 Å². The summed E-state index contributed by atoms with van der Waals surface area (Å²) in [5.41, 5.74) is 5.29. The minimum absolute atomic E-state index is 0.0413. The molecule has 0 bridgehead atoms. The average Bonchev–Trinajstić information content (AvgIpc) is 2.83. The lowest BCUT2D eigenvalue weighted by atomic mass is 10.00. The smallest absolute Gasteiger partial charge is 0.243 e. The zero-order chi connectivity index (χ0) is 24.3. The first-order chi connectivity index (χ1) is 16.5. The second kappa shape index (κ2) is 12.7. The summed E-state index contributed by atoms with van der Waals surface area (Å²) in [5.74, 6) is -0.135. The van der Waals surface area contributed by atoms with E-state index in [4.69, 9.17) is 0 Å². The number of carbonyl (C=O) groups is 2. The molecule has 3 aromatic carbocycles. The number of nitrogens with zero attached hydrogens (tertiary/aromatic N) is 1. The van der Waals surface area contributed by atoms with E-state index >= 15 is 0 Å². The molecule has 0 heterocycles. The van der Waals surface area contributed by atoms with Crippen LogP contribution < -0.4 is 5.32 Å². The Morgan fingerprint density at radius 2 is 1.59 bits per heavy atom. The van der Waals surface area contributed by atoms with E-state index in [0.29, 0.717) is 19.5 Å². The Hall–Kier alpha value is -3.40. The predicted molar refractivity (Wildman–Crippen MR) is 138 cm³/mol. The van der Waals surface area contributed by atoms with Crippen LogP contribution in [0.15, 0.2) is 78.9 Å². The van der Waals surface area contributed by atoms with Gasteiger partial charge in [0.15, 0.2) is 0 Å². The molecule has 0 fully saturated rings. The van der Waals surface area contributed by atoms with Crippen LogP contribution in [0.3, 0.4) is 0 Å². The molecule has 0 unspecified atom stereocenters. The molecule has 0 aliphatic carbocycles. The third-order valence-electron chi connectivity index (χ3n) is 6.14. The number of benzene rings is 3. The summed E-state index contributed by atoms with van der Waals surface area (Å²) >= 11 is 0. The van der Waals surface area contributed by atoms with Crippen LogP contribution >= 0.6 is 0 Å². The Morgan fingerprint density at radius 1 is 0.882 bits per heavy atom. The van der Waals surface area contributed by atoms with Crippen molar-refractivity contribution in [2.75, 3.05) is 6.54 Å². The summed E-state index contributed by atoms with van der Waals surface area (Å²) in [6.07, 6.45) is 2.66. The Bertz CT molecular complexity index is 1080. The maximum absolute atomic E-state index is 13.8. The molecule has 2 amide bonds. The first-order valence-corrected chi connectivity index (χ1v) is 12.2. The Kier molecular flexibility index (Phi) is 9.45. The summed E-state index contributed by atoms with van der Waals surface area (Å²) in [7, 11) is 0. The molecule has 178 valence electrons. The maximum Gasteiger partial charge on any atom is 0.243 e. The van der Waals surface area contributed by atoms with E-state index in [1.165, 1.54) is 0 Å². The topological polar surface area (TPSA) is 49.4 Å². The van der Waals surface area contributed by atoms with Gasteiger partial charge in [0.25, 0.3) is 0 Å². The Labute approximate surface area is 204 Å². The molecular weight excluding hydrogens is 420 g/mol. The maximum atomic E-state index is 13.8. The highest BCUT2D eigenvalue weighted by Gasteiger charge is 2.30. The molecular formula is C30H36N2O2. The first-order valence-electron chi connectivity index (χ1n) is 12.2. The summed E-state index contributed by atoms with van der Waals surface area (Å²) in [5, 5.41) is 3.08. The number of hydrogen-bond acceptors (Lipinski definition) is 2. The van der Waals surface area contributed by atoms with Crippen molar-refractivity contribution in [1.29, 1.82) is 0 Å². The van der Waals surface area contributed by atoms with Gasteiger partial charge in [-0.05, 0) is 42.5 Å². The molecule has 0 saturated heterocycles. The van der Waals surface area contributed by atoms with E-state index in [1.807, 2.05) is 92.7 Å². The Balaban J connectivity index is 1.95. The molecule has 1 N–H and O–H groups in total. The molecule has 0 aromatic heterocycles. The number of hydrogen-bond donors (Lipinski definition) is 1. The van der Waals surface area contributed by atoms with E-state index in [0.717, 1.165) is 40.7 Å². The third-order valence-corrected chi connectivity index (χ3v) is 6.14. The molecule has 0 aliphatic heterocycles. The fraction of sp³-hybridized carbons (Fsp3) is 0.333. The molecule has 0 spiro atoms. The van der Waals surface area contributed by atoms with Crippen LogP contribution in [-0.4, -0.2) is 29.3 Å². The van der Waals surface area contributed by atoms with Gasteiger partial charge in [-0.2, -0.15) is 0 Å². The number of nitrogens with one attached hydrogen (secondary N) is 1. The van der Waals surface area contributed by atoms with E-state index < -0.39 is 6.04 Å². The van der Waals surface area contributed by atoms with Gasteiger partial charge in [-0.1, -0.05) is 97.8 Å². The van der Waals surface area contributed by atoms with E-state index in [1.54, 1.807) is 4.90 Å². The lowest BCUT2D eigenvalue weighted by Crippen LogP contribution is -2.51. The molecule has 0 aliphatic rings. The van der Waals surface area contributed by atoms with Gasteiger partial charge in [-0.25, -0.2) is 0 Å². The van der Waals surface area contributed by atoms with Crippen molar-refractivity contribution in [1.82, 2.24) is 10.2 Å². The number of carbonyl (C=O) groups excluding carboxylic acids is 2. The van der Waals surface area contributed by atoms with E-state index in [2.05, 4.69) is 12.2 Å². The highest BCUT2D eigenvalue weighted by Crippen LogP contribution is 2.19. The van der Waals surface area contributed by atoms with E-state index in [9.17, 15) is 9.59 Å². The molecule has 1 atom stereocenters. The number of unbranched alkanes of at least 4 members (excludes halogenated alkanes) is 1. The summed E-state index contributed by atoms with van der Waals surface area (Å²) in [4.78, 5) is 29.0. The van der Waals surface area contributed by atoms with Crippen molar-refractivity contribution < 1.29 is 9.59 Å². The highest BCUT2D eigenvalue weighted by atomic mass is 16.2. The van der Waals surface area contributed by atoms with Gasteiger partial charge in [0.1, 0.15) is 6.04 Å². The summed E-state index contributed by atoms with van der Waals surface area (Å²) in [6, 6.07) is 25.4. The molecule has 3 rings (SSSR count). The second-order valence-corrected chi connectivity index (χ2v) is 8.96. The molecule has 0 saturated carbocycles. The summed E-state index contributed by atoms with van der Waals surface area (Å²) in [6.45, 7) is 7.19. The van der Waals surface area contributed by atoms with Gasteiger partial charge in [0, 0.05) is 19.5 Å². The fourth-order valence-electron chi connectivity index (χ4n) is 4.13. The van der Waals surface area contributed by atoms with Gasteiger partial charge in [0.2, 0.25) is 11.8 Å². The van der Waals surface area contributed by atoms with Crippen molar-refractivity contribution >= 4 is 11.8 Å². The van der Waals surface area contributed by atoms with Gasteiger partial charge in [-0.3, -0.25) is 9.59 Å². The highest BCUT2D eigenvalue weighted by molar-refractivity contribution is 5.88. The monoisotopic (exact) mass is 456 g/mol. The van der Waals surface area contributed by atoms with Crippen molar-refractivity contribution in [3.63, 3.8) is 0 Å². The van der Waals surface area contributed by atoms with Crippen LogP contribution in [0, 0.1) is 13.8 Å². The zero-order valence-corrected chi connectivity index (χ0v) is 20.6. The molecule has 4 heteroatoms. The van der Waals surface area contributed by atoms with Crippen molar-refractivity contribution in [2.24, 2.45) is 0 Å². The molecule has 34 heavy (non-hydrogen) atoms. The second-order valence-electron chi connectivity index (χ2n) is 8.96. The van der Waals surface area contributed by atoms with Crippen molar-refractivity contribution in [2.45, 2.75) is 59.0 Å². The lowest BCUT2D eigenvalue weighted by molar-refractivity contribution is -0.140. The van der Waals surface area contributed by atoms with Crippen LogP contribution in [0.4, 0.5) is 0 Å². The van der Waals surface area contributed by atoms with Crippen LogP contribution in [0.1, 0.15) is 47.6 Å². The zero-order valence-electron chi connectivity index (χ0n) is 20.6. The summed E-state index contributed by atoms with van der Waals surface area (Å²) < 4.78 is 0. The molecule has 3 aromatic rings. The fourth-order valence-corrected chi connectivity index (χ4v) is 4.13. The molecule has 4 nitrogen and oxygen atoms in total. The van der Waals surface area contributed by atoms with Crippen LogP contribution in [0.5, 0.6) is 0 Å². The van der Waals surface area contributed by atoms with E-state index in [-0.39, 0.29) is 18.2 Å². The Morgan fingerprint density at radius 3 is 2.29 bits per heavy atom.